The number of anilines is 1. The molecule has 2 rings (SSSR count). The first-order chi connectivity index (χ1) is 5.99. The van der Waals surface area contributed by atoms with Gasteiger partial charge in [0.2, 0.25) is 5.03 Å². The lowest BCUT2D eigenvalue weighted by atomic mass is 10.5. The Kier molecular flexibility index (Phi) is 1.47. The number of rotatable bonds is 0. The maximum atomic E-state index is 11.4. The molecule has 0 unspecified atom stereocenters. The van der Waals surface area contributed by atoms with Gasteiger partial charge in [0.25, 0.3) is 0 Å². The van der Waals surface area contributed by atoms with Gasteiger partial charge in [-0.25, -0.2) is 0 Å². The molecule has 1 aromatic rings. The number of hydrogen-bond donors (Lipinski definition) is 1. The molecule has 0 fully saturated rings. The van der Waals surface area contributed by atoms with E-state index >= 15 is 0 Å². The van der Waals surface area contributed by atoms with E-state index in [1.54, 1.807) is 20.2 Å². The van der Waals surface area contributed by atoms with Gasteiger partial charge < -0.3 is 5.32 Å². The van der Waals surface area contributed by atoms with Crippen LogP contribution < -0.4 is 5.32 Å². The van der Waals surface area contributed by atoms with Crippen molar-refractivity contribution in [1.82, 2.24) is 9.78 Å². The molecule has 7 heteroatoms. The third-order valence-electron chi connectivity index (χ3n) is 1.61. The quantitative estimate of drug-likeness (QED) is 0.637. The zero-order valence-corrected chi connectivity index (χ0v) is 7.96. The van der Waals surface area contributed by atoms with Gasteiger partial charge in [0.15, 0.2) is 0 Å². The van der Waals surface area contributed by atoms with Crippen molar-refractivity contribution in [3.63, 3.8) is 0 Å². The molecule has 2 heterocycles. The van der Waals surface area contributed by atoms with Crippen molar-refractivity contribution in [3.05, 3.63) is 6.20 Å². The van der Waals surface area contributed by atoms with Crippen molar-refractivity contribution in [2.45, 2.75) is 11.9 Å². The number of aromatic nitrogens is 2. The predicted molar refractivity (Wildman–Crippen MR) is 47.1 cm³/mol. The second kappa shape index (κ2) is 2.32. The predicted octanol–water partition coefficient (Wildman–Crippen LogP) is -0.0473. The SMILES string of the molecule is CC1=NS(=O)(=O)c2nn(C)cc2N1. The van der Waals surface area contributed by atoms with Crippen molar-refractivity contribution < 1.29 is 8.42 Å². The van der Waals surface area contributed by atoms with E-state index in [4.69, 9.17) is 0 Å². The Balaban J connectivity index is 2.71. The number of sulfonamides is 1. The second-order valence-corrected chi connectivity index (χ2v) is 4.32. The number of amidine groups is 1. The van der Waals surface area contributed by atoms with Crippen molar-refractivity contribution in [3.8, 4) is 0 Å². The zero-order chi connectivity index (χ0) is 9.64. The summed E-state index contributed by atoms with van der Waals surface area (Å²) in [6.45, 7) is 1.59. The van der Waals surface area contributed by atoms with E-state index in [1.807, 2.05) is 0 Å². The van der Waals surface area contributed by atoms with Gasteiger partial charge >= 0.3 is 10.0 Å². The molecule has 6 nitrogen and oxygen atoms in total. The molecular weight excluding hydrogens is 192 g/mol. The van der Waals surface area contributed by atoms with Crippen molar-refractivity contribution in [2.24, 2.45) is 11.4 Å². The summed E-state index contributed by atoms with van der Waals surface area (Å²) >= 11 is 0. The van der Waals surface area contributed by atoms with Gasteiger partial charge in [-0.1, -0.05) is 0 Å². The van der Waals surface area contributed by atoms with E-state index < -0.39 is 10.0 Å². The molecule has 0 saturated carbocycles. The molecule has 0 radical (unpaired) electrons. The van der Waals surface area contributed by atoms with E-state index in [2.05, 4.69) is 14.8 Å². The third-order valence-corrected chi connectivity index (χ3v) is 2.92. The fraction of sp³-hybridized carbons (Fsp3) is 0.333. The summed E-state index contributed by atoms with van der Waals surface area (Å²) in [7, 11) is -1.92. The molecule has 0 saturated heterocycles. The standard InChI is InChI=1S/C6H8N4O2S/c1-4-7-5-3-10(2)8-6(5)13(11,12)9-4/h3H,1-2H3,(H,7,9). The number of nitrogens with one attached hydrogen (secondary N) is 1. The molecule has 0 aliphatic carbocycles. The van der Waals surface area contributed by atoms with Crippen LogP contribution in [0.25, 0.3) is 0 Å². The van der Waals surface area contributed by atoms with Gasteiger partial charge in [-0.3, -0.25) is 4.68 Å². The maximum Gasteiger partial charge on any atom is 0.305 e. The van der Waals surface area contributed by atoms with Crippen molar-refractivity contribution >= 4 is 21.5 Å². The largest absolute Gasteiger partial charge is 0.340 e. The molecule has 0 atom stereocenters. The Labute approximate surface area is 75.3 Å². The molecule has 1 N–H and O–H groups in total. The van der Waals surface area contributed by atoms with Crippen LogP contribution in [0.4, 0.5) is 5.69 Å². The zero-order valence-electron chi connectivity index (χ0n) is 7.14. The van der Waals surface area contributed by atoms with Crippen LogP contribution in [-0.2, 0) is 17.1 Å². The minimum atomic E-state index is -3.58. The van der Waals surface area contributed by atoms with Gasteiger partial charge in [0.1, 0.15) is 5.84 Å². The van der Waals surface area contributed by atoms with Crippen molar-refractivity contribution in [1.29, 1.82) is 0 Å². The first-order valence-electron chi connectivity index (χ1n) is 3.61. The molecular formula is C6H8N4O2S. The highest BCUT2D eigenvalue weighted by Crippen LogP contribution is 2.24. The number of hydrogen-bond acceptors (Lipinski definition) is 4. The van der Waals surface area contributed by atoms with Gasteiger partial charge in [-0.2, -0.15) is 13.5 Å². The number of aryl methyl sites for hydroxylation is 1. The molecule has 13 heavy (non-hydrogen) atoms. The number of fused-ring (bicyclic) bond motifs is 1. The van der Waals surface area contributed by atoms with Crippen LogP contribution in [-0.4, -0.2) is 24.0 Å². The molecule has 0 amide bonds. The molecule has 70 valence electrons. The van der Waals surface area contributed by atoms with Crippen LogP contribution in [0.2, 0.25) is 0 Å². The highest BCUT2D eigenvalue weighted by molar-refractivity contribution is 7.90. The minimum absolute atomic E-state index is 0.0133. The summed E-state index contributed by atoms with van der Waals surface area (Å²) in [5.41, 5.74) is 0.481. The average Bonchev–Trinajstić information content (AvgIpc) is 2.28. The van der Waals surface area contributed by atoms with Crippen molar-refractivity contribution in [2.75, 3.05) is 5.32 Å². The molecule has 0 spiro atoms. The topological polar surface area (TPSA) is 76.3 Å². The van der Waals surface area contributed by atoms with E-state index in [9.17, 15) is 8.42 Å². The first-order valence-corrected chi connectivity index (χ1v) is 5.05. The van der Waals surface area contributed by atoms with E-state index in [0.717, 1.165) is 0 Å². The van der Waals surface area contributed by atoms with Crippen LogP contribution >= 0.6 is 0 Å². The molecule has 1 aliphatic heterocycles. The minimum Gasteiger partial charge on any atom is -0.340 e. The third kappa shape index (κ3) is 1.21. The Morgan fingerprint density at radius 2 is 2.23 bits per heavy atom. The summed E-state index contributed by atoms with van der Waals surface area (Å²) in [5, 5.41) is 6.61. The molecule has 0 bridgehead atoms. The van der Waals surface area contributed by atoms with E-state index in [0.29, 0.717) is 11.5 Å². The Hall–Kier alpha value is -1.37. The smallest absolute Gasteiger partial charge is 0.305 e. The summed E-state index contributed by atoms with van der Waals surface area (Å²) in [6.07, 6.45) is 1.60. The maximum absolute atomic E-state index is 11.4. The lowest BCUT2D eigenvalue weighted by Crippen LogP contribution is -2.17. The lowest BCUT2D eigenvalue weighted by Gasteiger charge is -2.09. The highest BCUT2D eigenvalue weighted by Gasteiger charge is 2.26. The monoisotopic (exact) mass is 200 g/mol. The Bertz CT molecular complexity index is 485. The Morgan fingerprint density at radius 3 is 2.92 bits per heavy atom. The summed E-state index contributed by atoms with van der Waals surface area (Å²) in [5.74, 6) is 0.362. The van der Waals surface area contributed by atoms with Gasteiger partial charge in [-0.15, -0.1) is 4.40 Å². The molecule has 0 aromatic carbocycles. The average molecular weight is 200 g/mol. The van der Waals surface area contributed by atoms with Crippen LogP contribution in [0.3, 0.4) is 0 Å². The van der Waals surface area contributed by atoms with Gasteiger partial charge in [-0.05, 0) is 6.92 Å². The number of nitrogens with zero attached hydrogens (tertiary/aromatic N) is 3. The van der Waals surface area contributed by atoms with Crippen LogP contribution in [0, 0.1) is 0 Å². The van der Waals surface area contributed by atoms with E-state index in [-0.39, 0.29) is 5.03 Å². The van der Waals surface area contributed by atoms with Crippen LogP contribution in [0.15, 0.2) is 15.6 Å². The van der Waals surface area contributed by atoms with Gasteiger partial charge in [0.05, 0.1) is 5.69 Å². The fourth-order valence-corrected chi connectivity index (χ4v) is 2.29. The highest BCUT2D eigenvalue weighted by atomic mass is 32.2. The normalized spacial score (nSPS) is 18.8. The Morgan fingerprint density at radius 1 is 1.54 bits per heavy atom. The lowest BCUT2D eigenvalue weighted by molar-refractivity contribution is 0.589. The first kappa shape index (κ1) is 8.24. The van der Waals surface area contributed by atoms with E-state index in [1.165, 1.54) is 4.68 Å². The molecule has 1 aromatic heterocycles. The molecule has 1 aliphatic rings. The summed E-state index contributed by atoms with van der Waals surface area (Å²) in [4.78, 5) is 0. The van der Waals surface area contributed by atoms with Crippen LogP contribution in [0.1, 0.15) is 6.92 Å². The summed E-state index contributed by atoms with van der Waals surface area (Å²) in [6, 6.07) is 0. The second-order valence-electron chi connectivity index (χ2n) is 2.80. The fourth-order valence-electron chi connectivity index (χ4n) is 1.19. The van der Waals surface area contributed by atoms with Gasteiger partial charge in [0, 0.05) is 13.2 Å². The summed E-state index contributed by atoms with van der Waals surface area (Å²) < 4.78 is 27.7. The van der Waals surface area contributed by atoms with Crippen LogP contribution in [0.5, 0.6) is 0 Å².